The largest absolute Gasteiger partial charge is 0.484 e. The van der Waals surface area contributed by atoms with E-state index in [9.17, 15) is 4.79 Å². The summed E-state index contributed by atoms with van der Waals surface area (Å²) in [7, 11) is 0. The highest BCUT2D eigenvalue weighted by molar-refractivity contribution is 7.99. The van der Waals surface area contributed by atoms with Crippen molar-refractivity contribution in [1.29, 1.82) is 0 Å². The van der Waals surface area contributed by atoms with E-state index in [1.165, 1.54) is 11.8 Å². The van der Waals surface area contributed by atoms with Crippen molar-refractivity contribution in [1.82, 2.24) is 19.7 Å². The number of nitrogens with zero attached hydrogens (tertiary/aromatic N) is 4. The summed E-state index contributed by atoms with van der Waals surface area (Å²) >= 11 is 7.58. The molecule has 2 aromatic carbocycles. The summed E-state index contributed by atoms with van der Waals surface area (Å²) in [6, 6.07) is 17.2. The number of aromatic nitrogens is 3. The molecule has 1 aliphatic rings. The van der Waals surface area contributed by atoms with Crippen LogP contribution in [0.5, 0.6) is 5.75 Å². The topological polar surface area (TPSA) is 60.2 Å². The van der Waals surface area contributed by atoms with Crippen LogP contribution in [0.25, 0.3) is 5.69 Å². The van der Waals surface area contributed by atoms with Crippen LogP contribution >= 0.6 is 23.4 Å². The van der Waals surface area contributed by atoms with Gasteiger partial charge in [-0.3, -0.25) is 9.36 Å². The molecule has 4 rings (SSSR count). The molecule has 0 unspecified atom stereocenters. The Kier molecular flexibility index (Phi) is 6.36. The molecule has 2 heterocycles. The molecule has 0 bridgehead atoms. The summed E-state index contributed by atoms with van der Waals surface area (Å²) < 4.78 is 7.79. The highest BCUT2D eigenvalue weighted by atomic mass is 35.5. The van der Waals surface area contributed by atoms with Crippen LogP contribution in [0.1, 0.15) is 18.7 Å². The van der Waals surface area contributed by atoms with E-state index in [-0.39, 0.29) is 12.5 Å². The highest BCUT2D eigenvalue weighted by Crippen LogP contribution is 2.26. The van der Waals surface area contributed by atoms with Crippen LogP contribution in [0.2, 0.25) is 5.02 Å². The van der Waals surface area contributed by atoms with Crippen molar-refractivity contribution in [3.63, 3.8) is 0 Å². The SMILES string of the molecule is O=C(CSc1nnc(COc2ccccc2Cl)n1-c1ccccc1)N1CCCC1. The monoisotopic (exact) mass is 428 g/mol. The molecule has 6 nitrogen and oxygen atoms in total. The molecule has 0 saturated carbocycles. The average Bonchev–Trinajstić information content (AvgIpc) is 3.42. The van der Waals surface area contributed by atoms with Crippen molar-refractivity contribution < 1.29 is 9.53 Å². The van der Waals surface area contributed by atoms with E-state index < -0.39 is 0 Å². The Morgan fingerprint density at radius 1 is 1.03 bits per heavy atom. The third kappa shape index (κ3) is 4.74. The van der Waals surface area contributed by atoms with Crippen LogP contribution in [0.3, 0.4) is 0 Å². The Bertz CT molecular complexity index is 974. The highest BCUT2D eigenvalue weighted by Gasteiger charge is 2.21. The Balaban J connectivity index is 1.53. The number of ether oxygens (including phenoxy) is 1. The van der Waals surface area contributed by atoms with E-state index in [0.717, 1.165) is 31.6 Å². The fraction of sp³-hybridized carbons (Fsp3) is 0.286. The second-order valence-corrected chi connectivity index (χ2v) is 8.02. The van der Waals surface area contributed by atoms with Crippen LogP contribution in [0, 0.1) is 0 Å². The van der Waals surface area contributed by atoms with Crippen LogP contribution in [0.4, 0.5) is 0 Å². The number of carbonyl (C=O) groups is 1. The Labute approximate surface area is 178 Å². The molecular weight excluding hydrogens is 408 g/mol. The number of amides is 1. The van der Waals surface area contributed by atoms with Gasteiger partial charge in [-0.1, -0.05) is 53.7 Å². The molecule has 0 aliphatic carbocycles. The average molecular weight is 429 g/mol. The van der Waals surface area contributed by atoms with Gasteiger partial charge in [-0.15, -0.1) is 10.2 Å². The maximum Gasteiger partial charge on any atom is 0.233 e. The molecule has 1 aromatic heterocycles. The predicted molar refractivity (Wildman–Crippen MR) is 114 cm³/mol. The van der Waals surface area contributed by atoms with Gasteiger partial charge in [0.1, 0.15) is 12.4 Å². The van der Waals surface area contributed by atoms with Gasteiger partial charge >= 0.3 is 0 Å². The van der Waals surface area contributed by atoms with E-state index in [4.69, 9.17) is 16.3 Å². The van der Waals surface area contributed by atoms with Gasteiger partial charge < -0.3 is 9.64 Å². The number of benzene rings is 2. The van der Waals surface area contributed by atoms with Gasteiger partial charge in [-0.05, 0) is 37.1 Å². The second kappa shape index (κ2) is 9.33. The number of carbonyl (C=O) groups excluding carboxylic acids is 1. The smallest absolute Gasteiger partial charge is 0.233 e. The zero-order valence-corrected chi connectivity index (χ0v) is 17.4. The third-order valence-corrected chi connectivity index (χ3v) is 5.92. The standard InChI is InChI=1S/C21H21ClN4O2S/c22-17-10-4-5-11-18(17)28-14-19-23-24-21(26(19)16-8-2-1-3-9-16)29-15-20(27)25-12-6-7-13-25/h1-5,8-11H,6-7,12-15H2. The molecule has 1 fully saturated rings. The number of rotatable bonds is 7. The van der Waals surface area contributed by atoms with Crippen LogP contribution < -0.4 is 4.74 Å². The normalized spacial score (nSPS) is 13.6. The maximum absolute atomic E-state index is 12.4. The van der Waals surface area contributed by atoms with Gasteiger partial charge in [0, 0.05) is 18.8 Å². The molecule has 1 saturated heterocycles. The summed E-state index contributed by atoms with van der Waals surface area (Å²) in [5.41, 5.74) is 0.923. The van der Waals surface area contributed by atoms with Crippen molar-refractivity contribution in [2.24, 2.45) is 0 Å². The van der Waals surface area contributed by atoms with Gasteiger partial charge in [0.2, 0.25) is 5.91 Å². The fourth-order valence-corrected chi connectivity index (χ4v) is 4.28. The van der Waals surface area contributed by atoms with Crippen LogP contribution in [0.15, 0.2) is 59.8 Å². The summed E-state index contributed by atoms with van der Waals surface area (Å²) in [5.74, 6) is 1.72. The lowest BCUT2D eigenvalue weighted by atomic mass is 10.3. The fourth-order valence-electron chi connectivity index (χ4n) is 3.21. The molecular formula is C21H21ClN4O2S. The minimum atomic E-state index is 0.143. The minimum Gasteiger partial charge on any atom is -0.484 e. The van der Waals surface area contributed by atoms with Crippen molar-refractivity contribution >= 4 is 29.3 Å². The lowest BCUT2D eigenvalue weighted by molar-refractivity contribution is -0.127. The summed E-state index contributed by atoms with van der Waals surface area (Å²) in [6.07, 6.45) is 2.17. The van der Waals surface area contributed by atoms with Gasteiger partial charge in [-0.2, -0.15) is 0 Å². The van der Waals surface area contributed by atoms with E-state index in [0.29, 0.717) is 27.5 Å². The minimum absolute atomic E-state index is 0.143. The molecule has 0 radical (unpaired) electrons. The number of hydrogen-bond acceptors (Lipinski definition) is 5. The van der Waals surface area contributed by atoms with Crippen molar-refractivity contribution in [2.75, 3.05) is 18.8 Å². The van der Waals surface area contributed by atoms with Crippen LogP contribution in [-0.4, -0.2) is 44.4 Å². The van der Waals surface area contributed by atoms with Crippen molar-refractivity contribution in [2.45, 2.75) is 24.6 Å². The van der Waals surface area contributed by atoms with E-state index >= 15 is 0 Å². The van der Waals surface area contributed by atoms with Gasteiger partial charge in [-0.25, -0.2) is 0 Å². The maximum atomic E-state index is 12.4. The molecule has 150 valence electrons. The van der Waals surface area contributed by atoms with E-state index in [1.807, 2.05) is 58.0 Å². The lowest BCUT2D eigenvalue weighted by Crippen LogP contribution is -2.29. The number of hydrogen-bond donors (Lipinski definition) is 0. The third-order valence-electron chi connectivity index (χ3n) is 4.69. The van der Waals surface area contributed by atoms with E-state index in [1.54, 1.807) is 6.07 Å². The summed E-state index contributed by atoms with van der Waals surface area (Å²) in [6.45, 7) is 1.91. The zero-order valence-electron chi connectivity index (χ0n) is 15.8. The second-order valence-electron chi connectivity index (χ2n) is 6.67. The quantitative estimate of drug-likeness (QED) is 0.527. The van der Waals surface area contributed by atoms with Gasteiger partial charge in [0.15, 0.2) is 11.0 Å². The first kappa shape index (κ1) is 19.8. The Morgan fingerprint density at radius 2 is 1.76 bits per heavy atom. The first-order valence-corrected chi connectivity index (χ1v) is 10.9. The molecule has 0 spiro atoms. The lowest BCUT2D eigenvalue weighted by Gasteiger charge is -2.15. The van der Waals surface area contributed by atoms with Crippen molar-refractivity contribution in [3.05, 3.63) is 65.4 Å². The molecule has 29 heavy (non-hydrogen) atoms. The molecule has 1 aliphatic heterocycles. The zero-order chi connectivity index (χ0) is 20.1. The molecule has 0 N–H and O–H groups in total. The van der Waals surface area contributed by atoms with E-state index in [2.05, 4.69) is 10.2 Å². The summed E-state index contributed by atoms with van der Waals surface area (Å²) in [4.78, 5) is 14.3. The molecule has 0 atom stereocenters. The Hall–Kier alpha value is -2.51. The van der Waals surface area contributed by atoms with Crippen molar-refractivity contribution in [3.8, 4) is 11.4 Å². The first-order valence-electron chi connectivity index (χ1n) is 9.50. The number of halogens is 1. The number of thioether (sulfide) groups is 1. The van der Waals surface area contributed by atoms with Gasteiger partial charge in [0.05, 0.1) is 10.8 Å². The predicted octanol–water partition coefficient (Wildman–Crippen LogP) is 4.21. The molecule has 1 amide bonds. The summed E-state index contributed by atoms with van der Waals surface area (Å²) in [5, 5.41) is 9.84. The van der Waals surface area contributed by atoms with Gasteiger partial charge in [0.25, 0.3) is 0 Å². The van der Waals surface area contributed by atoms with Crippen LogP contribution in [-0.2, 0) is 11.4 Å². The number of para-hydroxylation sites is 2. The first-order chi connectivity index (χ1) is 14.2. The number of likely N-dealkylation sites (tertiary alicyclic amines) is 1. The molecule has 8 heteroatoms. The molecule has 3 aromatic rings. The Morgan fingerprint density at radius 3 is 2.52 bits per heavy atom.